The first-order chi connectivity index (χ1) is 13.9. The lowest BCUT2D eigenvalue weighted by atomic mass is 9.92. The summed E-state index contributed by atoms with van der Waals surface area (Å²) in [5.74, 6) is -2.18. The number of nitrogens with one attached hydrogen (secondary N) is 2. The van der Waals surface area contributed by atoms with Gasteiger partial charge in [0, 0.05) is 5.69 Å². The fourth-order valence-corrected chi connectivity index (χ4v) is 2.97. The Morgan fingerprint density at radius 3 is 2.53 bits per heavy atom. The van der Waals surface area contributed by atoms with E-state index in [9.17, 15) is 23.6 Å². The number of imide groups is 1. The zero-order valence-corrected chi connectivity index (χ0v) is 17.9. The molecular formula is C21H28FN3O5. The summed E-state index contributed by atoms with van der Waals surface area (Å²) < 4.78 is 18.6. The number of ether oxygens (including phenoxy) is 1. The van der Waals surface area contributed by atoms with E-state index in [0.717, 1.165) is 17.4 Å². The van der Waals surface area contributed by atoms with Gasteiger partial charge in [-0.2, -0.15) is 0 Å². The summed E-state index contributed by atoms with van der Waals surface area (Å²) in [6.45, 7) is 7.98. The van der Waals surface area contributed by atoms with Crippen LogP contribution in [0, 0.1) is 18.7 Å². The minimum absolute atomic E-state index is 0.223. The van der Waals surface area contributed by atoms with Crippen LogP contribution < -0.4 is 10.6 Å². The van der Waals surface area contributed by atoms with Crippen molar-refractivity contribution in [3.63, 3.8) is 0 Å². The van der Waals surface area contributed by atoms with Gasteiger partial charge >= 0.3 is 12.0 Å². The van der Waals surface area contributed by atoms with Gasteiger partial charge in [0.15, 0.2) is 6.10 Å². The molecule has 0 unspecified atom stereocenters. The molecule has 1 saturated heterocycles. The lowest BCUT2D eigenvalue weighted by Gasteiger charge is -2.22. The van der Waals surface area contributed by atoms with E-state index in [1.807, 2.05) is 13.8 Å². The Labute approximate surface area is 175 Å². The molecule has 2 rings (SSSR count). The van der Waals surface area contributed by atoms with Crippen LogP contribution in [-0.2, 0) is 19.1 Å². The molecule has 0 spiro atoms. The van der Waals surface area contributed by atoms with Gasteiger partial charge in [0.25, 0.3) is 11.8 Å². The number of benzene rings is 1. The van der Waals surface area contributed by atoms with Gasteiger partial charge in [0.1, 0.15) is 17.9 Å². The minimum Gasteiger partial charge on any atom is -0.451 e. The van der Waals surface area contributed by atoms with E-state index in [4.69, 9.17) is 4.74 Å². The third-order valence-electron chi connectivity index (χ3n) is 4.97. The minimum atomic E-state index is -1.20. The van der Waals surface area contributed by atoms with Gasteiger partial charge < -0.3 is 15.4 Å². The molecule has 4 amide bonds. The zero-order chi connectivity index (χ0) is 22.6. The molecule has 8 nitrogen and oxygen atoms in total. The third kappa shape index (κ3) is 5.55. The molecule has 164 valence electrons. The van der Waals surface area contributed by atoms with Crippen molar-refractivity contribution in [2.24, 2.45) is 5.92 Å². The van der Waals surface area contributed by atoms with Crippen LogP contribution >= 0.6 is 0 Å². The van der Waals surface area contributed by atoms with E-state index < -0.39 is 47.8 Å². The predicted molar refractivity (Wildman–Crippen MR) is 108 cm³/mol. The summed E-state index contributed by atoms with van der Waals surface area (Å²) in [6.07, 6.45) is -0.0143. The van der Waals surface area contributed by atoms with Gasteiger partial charge in [-0.05, 0) is 57.2 Å². The highest BCUT2D eigenvalue weighted by Gasteiger charge is 2.48. The first-order valence-electron chi connectivity index (χ1n) is 9.83. The number of halogens is 1. The second kappa shape index (κ2) is 9.23. The Hall–Kier alpha value is -2.97. The number of amides is 4. The monoisotopic (exact) mass is 421 g/mol. The Morgan fingerprint density at radius 2 is 1.93 bits per heavy atom. The number of carbonyl (C=O) groups is 4. The van der Waals surface area contributed by atoms with Crippen LogP contribution in [0.5, 0.6) is 0 Å². The van der Waals surface area contributed by atoms with E-state index in [-0.39, 0.29) is 5.69 Å². The van der Waals surface area contributed by atoms with Crippen molar-refractivity contribution in [2.45, 2.75) is 59.1 Å². The molecule has 0 aliphatic carbocycles. The highest BCUT2D eigenvalue weighted by molar-refractivity contribution is 6.08. The van der Waals surface area contributed by atoms with Gasteiger partial charge in [-0.25, -0.2) is 9.18 Å². The summed E-state index contributed by atoms with van der Waals surface area (Å²) >= 11 is 0. The summed E-state index contributed by atoms with van der Waals surface area (Å²) in [5, 5.41) is 5.07. The number of hydrogen-bond acceptors (Lipinski definition) is 5. The van der Waals surface area contributed by atoms with Crippen LogP contribution in [0.15, 0.2) is 18.2 Å². The number of hydrogen-bond donors (Lipinski definition) is 2. The molecule has 9 heteroatoms. The molecule has 0 bridgehead atoms. The third-order valence-corrected chi connectivity index (χ3v) is 4.97. The van der Waals surface area contributed by atoms with Crippen molar-refractivity contribution in [1.82, 2.24) is 10.2 Å². The lowest BCUT2D eigenvalue weighted by Crippen LogP contribution is -2.44. The van der Waals surface area contributed by atoms with Crippen molar-refractivity contribution in [2.75, 3.05) is 11.9 Å². The molecule has 1 aromatic carbocycles. The molecule has 0 radical (unpaired) electrons. The van der Waals surface area contributed by atoms with Crippen LogP contribution in [0.3, 0.4) is 0 Å². The molecule has 1 aliphatic heterocycles. The highest BCUT2D eigenvalue weighted by Crippen LogP contribution is 2.24. The maximum absolute atomic E-state index is 13.6. The summed E-state index contributed by atoms with van der Waals surface area (Å²) in [5.41, 5.74) is -0.414. The first kappa shape index (κ1) is 23.3. The highest BCUT2D eigenvalue weighted by atomic mass is 19.1. The topological polar surface area (TPSA) is 105 Å². The van der Waals surface area contributed by atoms with Crippen LogP contribution in [0.4, 0.5) is 14.9 Å². The smallest absolute Gasteiger partial charge is 0.327 e. The van der Waals surface area contributed by atoms with Crippen LogP contribution in [0.25, 0.3) is 0 Å². The average Bonchev–Trinajstić information content (AvgIpc) is 2.86. The molecule has 2 atom stereocenters. The Morgan fingerprint density at radius 1 is 1.27 bits per heavy atom. The molecule has 0 saturated carbocycles. The fourth-order valence-electron chi connectivity index (χ4n) is 2.97. The molecule has 0 aromatic heterocycles. The number of rotatable bonds is 8. The molecule has 1 heterocycles. The number of urea groups is 1. The predicted octanol–water partition coefficient (Wildman–Crippen LogP) is 2.75. The van der Waals surface area contributed by atoms with E-state index in [1.54, 1.807) is 13.8 Å². The lowest BCUT2D eigenvalue weighted by molar-refractivity contribution is -0.155. The van der Waals surface area contributed by atoms with E-state index in [2.05, 4.69) is 10.6 Å². The normalized spacial score (nSPS) is 19.6. The Kier molecular flexibility index (Phi) is 7.17. The number of esters is 1. The first-order valence-corrected chi connectivity index (χ1v) is 9.83. The largest absolute Gasteiger partial charge is 0.451 e. The second-order valence-corrected chi connectivity index (χ2v) is 8.17. The maximum Gasteiger partial charge on any atom is 0.327 e. The quantitative estimate of drug-likeness (QED) is 0.496. The van der Waals surface area contributed by atoms with Crippen molar-refractivity contribution < 1.29 is 28.3 Å². The van der Waals surface area contributed by atoms with E-state index in [0.29, 0.717) is 17.9 Å². The van der Waals surface area contributed by atoms with Gasteiger partial charge in [-0.1, -0.05) is 19.9 Å². The Balaban J connectivity index is 1.92. The van der Waals surface area contributed by atoms with Gasteiger partial charge in [-0.3, -0.25) is 19.3 Å². The maximum atomic E-state index is 13.6. The van der Waals surface area contributed by atoms with E-state index >= 15 is 0 Å². The standard InChI is InChI=1S/C21H28FN3O5/c1-12(2)8-9-21(5)19(28)25(20(29)24-21)11-17(26)30-14(4)18(27)23-15-7-6-13(3)16(22)10-15/h6-7,10,12,14H,8-9,11H2,1-5H3,(H,23,27)(H,24,29)/t14-,21-/m0/s1. The van der Waals surface area contributed by atoms with Crippen molar-refractivity contribution in [1.29, 1.82) is 0 Å². The van der Waals surface area contributed by atoms with Gasteiger partial charge in [0.05, 0.1) is 0 Å². The van der Waals surface area contributed by atoms with Crippen LogP contribution in [0.1, 0.15) is 46.1 Å². The second-order valence-electron chi connectivity index (χ2n) is 8.17. The number of aryl methyl sites for hydroxylation is 1. The van der Waals surface area contributed by atoms with Crippen molar-refractivity contribution in [3.05, 3.63) is 29.6 Å². The van der Waals surface area contributed by atoms with Gasteiger partial charge in [-0.15, -0.1) is 0 Å². The number of nitrogens with zero attached hydrogens (tertiary/aromatic N) is 1. The summed E-state index contributed by atoms with van der Waals surface area (Å²) in [6, 6.07) is 3.52. The van der Waals surface area contributed by atoms with Crippen LogP contribution in [-0.4, -0.2) is 46.9 Å². The number of carbonyl (C=O) groups excluding carboxylic acids is 4. The molecule has 1 fully saturated rings. The van der Waals surface area contributed by atoms with Crippen molar-refractivity contribution >= 4 is 29.5 Å². The molecule has 2 N–H and O–H groups in total. The van der Waals surface area contributed by atoms with Crippen molar-refractivity contribution in [3.8, 4) is 0 Å². The summed E-state index contributed by atoms with van der Waals surface area (Å²) in [7, 11) is 0. The SMILES string of the molecule is Cc1ccc(NC(=O)[C@H](C)OC(=O)CN2C(=O)N[C@@](C)(CCC(C)C)C2=O)cc1F. The summed E-state index contributed by atoms with van der Waals surface area (Å²) in [4.78, 5) is 50.0. The average molecular weight is 421 g/mol. The molecule has 1 aromatic rings. The molecule has 1 aliphatic rings. The number of anilines is 1. The molecule has 30 heavy (non-hydrogen) atoms. The zero-order valence-electron chi connectivity index (χ0n) is 17.9. The Bertz CT molecular complexity index is 857. The molecular weight excluding hydrogens is 393 g/mol. The van der Waals surface area contributed by atoms with Gasteiger partial charge in [0.2, 0.25) is 0 Å². The van der Waals surface area contributed by atoms with Crippen LogP contribution in [0.2, 0.25) is 0 Å². The van der Waals surface area contributed by atoms with E-state index in [1.165, 1.54) is 19.1 Å². The fraction of sp³-hybridized carbons (Fsp3) is 0.524.